The molecule has 0 saturated carbocycles. The number of ether oxygens (including phenoxy) is 1. The predicted octanol–water partition coefficient (Wildman–Crippen LogP) is 3.39. The van der Waals surface area contributed by atoms with Gasteiger partial charge in [0.2, 0.25) is 0 Å². The highest BCUT2D eigenvalue weighted by Crippen LogP contribution is 2.20. The summed E-state index contributed by atoms with van der Waals surface area (Å²) in [4.78, 5) is 30.8. The number of aromatic nitrogens is 2. The minimum absolute atomic E-state index is 0.00729. The minimum atomic E-state index is -0.532. The van der Waals surface area contributed by atoms with Gasteiger partial charge in [0.15, 0.2) is 0 Å². The second-order valence-corrected chi connectivity index (χ2v) is 5.80. The second kappa shape index (κ2) is 7.44. The molecule has 0 spiro atoms. The van der Waals surface area contributed by atoms with Crippen LogP contribution in [0.5, 0.6) is 0 Å². The van der Waals surface area contributed by atoms with Crippen LogP contribution in [0.3, 0.4) is 0 Å². The van der Waals surface area contributed by atoms with Crippen LogP contribution >= 0.6 is 11.6 Å². The average molecular weight is 361 g/mol. The van der Waals surface area contributed by atoms with Gasteiger partial charge in [-0.3, -0.25) is 9.59 Å². The molecule has 1 heterocycles. The molecule has 0 atom stereocenters. The van der Waals surface area contributed by atoms with Crippen molar-refractivity contribution in [3.8, 4) is 0 Å². The quantitative estimate of drug-likeness (QED) is 0.708. The monoisotopic (exact) mass is 360 g/mol. The fourth-order valence-electron chi connectivity index (χ4n) is 2.37. The van der Waals surface area contributed by atoms with Gasteiger partial charge in [-0.15, -0.1) is 0 Å². The van der Waals surface area contributed by atoms with Gasteiger partial charge < -0.3 is 9.72 Å². The number of para-hydroxylation sites is 1. The number of halogens is 2. The van der Waals surface area contributed by atoms with Gasteiger partial charge in [-0.2, -0.15) is 0 Å². The van der Waals surface area contributed by atoms with Gasteiger partial charge in [-0.05, 0) is 24.3 Å². The van der Waals surface area contributed by atoms with Gasteiger partial charge in [-0.25, -0.2) is 9.37 Å². The molecule has 3 rings (SSSR count). The lowest BCUT2D eigenvalue weighted by molar-refractivity contribution is -0.145. The number of hydrogen-bond donors (Lipinski definition) is 1. The van der Waals surface area contributed by atoms with Crippen LogP contribution < -0.4 is 5.56 Å². The standard InChI is InChI=1S/C18H14ClFN2O3/c19-13-5-3-6-14(20)12(13)10-25-17(23)9-8-16-21-15-7-2-1-4-11(15)18(24)22-16/h1-7H,8-10H2,(H,21,22,24). The number of nitrogens with one attached hydrogen (secondary N) is 1. The van der Waals surface area contributed by atoms with Crippen LogP contribution in [0, 0.1) is 5.82 Å². The maximum atomic E-state index is 13.6. The summed E-state index contributed by atoms with van der Waals surface area (Å²) in [6.07, 6.45) is 0.220. The zero-order valence-electron chi connectivity index (χ0n) is 13.1. The molecule has 0 aliphatic heterocycles. The highest BCUT2D eigenvalue weighted by atomic mass is 35.5. The largest absolute Gasteiger partial charge is 0.461 e. The molecule has 0 bridgehead atoms. The van der Waals surface area contributed by atoms with Gasteiger partial charge >= 0.3 is 5.97 Å². The van der Waals surface area contributed by atoms with Crippen molar-refractivity contribution in [2.45, 2.75) is 19.4 Å². The Bertz CT molecular complexity index is 967. The van der Waals surface area contributed by atoms with Crippen molar-refractivity contribution in [3.63, 3.8) is 0 Å². The molecular weight excluding hydrogens is 347 g/mol. The van der Waals surface area contributed by atoms with Gasteiger partial charge in [-0.1, -0.05) is 29.8 Å². The molecule has 128 valence electrons. The molecule has 0 radical (unpaired) electrons. The number of benzene rings is 2. The van der Waals surface area contributed by atoms with Crippen LogP contribution in [0.15, 0.2) is 47.3 Å². The normalized spacial score (nSPS) is 10.8. The zero-order valence-corrected chi connectivity index (χ0v) is 13.8. The van der Waals surface area contributed by atoms with E-state index in [0.29, 0.717) is 16.7 Å². The molecule has 0 aliphatic rings. The Morgan fingerprint density at radius 2 is 2.00 bits per heavy atom. The number of carbonyl (C=O) groups excluding carboxylic acids is 1. The van der Waals surface area contributed by atoms with Gasteiger partial charge in [0.05, 0.1) is 22.3 Å². The van der Waals surface area contributed by atoms with E-state index in [2.05, 4.69) is 9.97 Å². The molecule has 0 saturated heterocycles. The Morgan fingerprint density at radius 1 is 1.20 bits per heavy atom. The number of rotatable bonds is 5. The number of H-pyrrole nitrogens is 1. The van der Waals surface area contributed by atoms with E-state index >= 15 is 0 Å². The molecule has 0 amide bonds. The molecule has 2 aromatic carbocycles. The summed E-state index contributed by atoms with van der Waals surface area (Å²) in [6.45, 7) is -0.244. The van der Waals surface area contributed by atoms with Gasteiger partial charge in [0.25, 0.3) is 5.56 Å². The van der Waals surface area contributed by atoms with Crippen molar-refractivity contribution in [2.24, 2.45) is 0 Å². The smallest absolute Gasteiger partial charge is 0.306 e. The molecule has 1 N–H and O–H groups in total. The summed E-state index contributed by atoms with van der Waals surface area (Å²) < 4.78 is 18.7. The van der Waals surface area contributed by atoms with E-state index in [1.165, 1.54) is 18.2 Å². The van der Waals surface area contributed by atoms with Crippen molar-refractivity contribution in [3.05, 3.63) is 75.0 Å². The van der Waals surface area contributed by atoms with Crippen LogP contribution in [0.4, 0.5) is 4.39 Å². The number of aryl methyl sites for hydroxylation is 1. The van der Waals surface area contributed by atoms with Crippen LogP contribution in [0.2, 0.25) is 5.02 Å². The van der Waals surface area contributed by atoms with E-state index < -0.39 is 11.8 Å². The molecule has 1 aromatic heterocycles. The lowest BCUT2D eigenvalue weighted by Crippen LogP contribution is -2.14. The Kier molecular flexibility index (Phi) is 5.09. The number of nitrogens with zero attached hydrogens (tertiary/aromatic N) is 1. The number of aromatic amines is 1. The first-order chi connectivity index (χ1) is 12.0. The van der Waals surface area contributed by atoms with Gasteiger partial charge in [0.1, 0.15) is 18.2 Å². The van der Waals surface area contributed by atoms with Crippen molar-refractivity contribution < 1.29 is 13.9 Å². The lowest BCUT2D eigenvalue weighted by atomic mass is 10.2. The van der Waals surface area contributed by atoms with E-state index in [0.717, 1.165) is 0 Å². The third-order valence-corrected chi connectivity index (χ3v) is 4.02. The summed E-state index contributed by atoms with van der Waals surface area (Å²) in [5, 5.41) is 0.691. The number of hydrogen-bond acceptors (Lipinski definition) is 4. The summed E-state index contributed by atoms with van der Waals surface area (Å²) in [5.74, 6) is -0.666. The highest BCUT2D eigenvalue weighted by Gasteiger charge is 2.11. The summed E-state index contributed by atoms with van der Waals surface area (Å²) >= 11 is 5.88. The van der Waals surface area contributed by atoms with E-state index in [4.69, 9.17) is 16.3 Å². The molecule has 5 nitrogen and oxygen atoms in total. The van der Waals surface area contributed by atoms with Crippen molar-refractivity contribution in [2.75, 3.05) is 0 Å². The summed E-state index contributed by atoms with van der Waals surface area (Å²) in [7, 11) is 0. The second-order valence-electron chi connectivity index (χ2n) is 5.39. The third kappa shape index (κ3) is 4.03. The average Bonchev–Trinajstić information content (AvgIpc) is 2.59. The van der Waals surface area contributed by atoms with E-state index in [-0.39, 0.29) is 35.6 Å². The third-order valence-electron chi connectivity index (χ3n) is 3.67. The zero-order chi connectivity index (χ0) is 17.8. The first-order valence-corrected chi connectivity index (χ1v) is 7.99. The highest BCUT2D eigenvalue weighted by molar-refractivity contribution is 6.31. The van der Waals surface area contributed by atoms with Crippen molar-refractivity contribution in [1.29, 1.82) is 0 Å². The number of fused-ring (bicyclic) bond motifs is 1. The maximum Gasteiger partial charge on any atom is 0.306 e. The topological polar surface area (TPSA) is 72.0 Å². The molecular formula is C18H14ClFN2O3. The van der Waals surface area contributed by atoms with Crippen LogP contribution in [-0.2, 0) is 22.6 Å². The first-order valence-electron chi connectivity index (χ1n) is 7.61. The SMILES string of the molecule is O=C(CCc1nc2ccccc2c(=O)[nH]1)OCc1c(F)cccc1Cl. The molecule has 25 heavy (non-hydrogen) atoms. The first kappa shape index (κ1) is 17.1. The maximum absolute atomic E-state index is 13.6. The predicted molar refractivity (Wildman–Crippen MR) is 91.9 cm³/mol. The number of esters is 1. The fraction of sp³-hybridized carbons (Fsp3) is 0.167. The van der Waals surface area contributed by atoms with Crippen molar-refractivity contribution >= 4 is 28.5 Å². The van der Waals surface area contributed by atoms with Crippen LogP contribution in [0.1, 0.15) is 17.8 Å². The minimum Gasteiger partial charge on any atom is -0.461 e. The molecule has 0 aliphatic carbocycles. The molecule has 3 aromatic rings. The fourth-order valence-corrected chi connectivity index (χ4v) is 2.59. The van der Waals surface area contributed by atoms with E-state index in [1.54, 1.807) is 24.3 Å². The Hall–Kier alpha value is -2.73. The summed E-state index contributed by atoms with van der Waals surface area (Å²) in [5.41, 5.74) is 0.439. The molecule has 0 unspecified atom stereocenters. The number of carbonyl (C=O) groups is 1. The Balaban J connectivity index is 1.62. The Labute approximate surface area is 147 Å². The molecule has 7 heteroatoms. The van der Waals surface area contributed by atoms with Crippen molar-refractivity contribution in [1.82, 2.24) is 9.97 Å². The van der Waals surface area contributed by atoms with E-state index in [9.17, 15) is 14.0 Å². The summed E-state index contributed by atoms with van der Waals surface area (Å²) in [6, 6.07) is 11.2. The van der Waals surface area contributed by atoms with E-state index in [1.807, 2.05) is 0 Å². The Morgan fingerprint density at radius 3 is 2.80 bits per heavy atom. The van der Waals surface area contributed by atoms with Crippen LogP contribution in [0.25, 0.3) is 10.9 Å². The molecule has 0 fully saturated rings. The van der Waals surface area contributed by atoms with Crippen LogP contribution in [-0.4, -0.2) is 15.9 Å². The lowest BCUT2D eigenvalue weighted by Gasteiger charge is -2.07. The van der Waals surface area contributed by atoms with Gasteiger partial charge in [0, 0.05) is 12.0 Å².